The molecule has 1 aliphatic carbocycles. The molecule has 2 aliphatic heterocycles. The first-order valence-electron chi connectivity index (χ1n) is 31.9. The number of hydrogen-bond donors (Lipinski definition) is 2. The zero-order valence-electron chi connectivity index (χ0n) is 55.1. The largest absolute Gasteiger partial charge is 1.00 e. The Labute approximate surface area is 595 Å². The van der Waals surface area contributed by atoms with Crippen LogP contribution in [0, 0.1) is 6.07 Å². The number of benzene rings is 6. The summed E-state index contributed by atoms with van der Waals surface area (Å²) in [7, 11) is -9.44. The molecule has 0 unspecified atom stereocenters. The Balaban J connectivity index is 0.00000613. The monoisotopic (exact) mass is 1320 g/mol. The molecular weight excluding hydrogens is 1230 g/mol. The van der Waals surface area contributed by atoms with Gasteiger partial charge in [-0.3, -0.25) is 10.1 Å². The SMILES string of the molecule is CCCC[N+]1=C(/C=C/C2=C(Oc3ccc(S(=O)(=O)[O-])cc3)C(=C/C=C3/N(CCCCCC(=O)NCCCOCCOCCOCCNC(c4ccccc4)(c4ccccc4)c4ccccc4)c4ccc(S(=O)(=O)[O-])cc4C3(C)C)/CCC2)C(C)(C)c2c[c-]ccc21.[Na+].[Na+]. The van der Waals surface area contributed by atoms with Crippen molar-refractivity contribution in [3.05, 3.63) is 232 Å². The molecule has 0 saturated heterocycles. The zero-order valence-corrected chi connectivity index (χ0v) is 60.7. The molecule has 0 atom stereocenters. The average molecular weight is 1320 g/mol. The van der Waals surface area contributed by atoms with Gasteiger partial charge in [-0.1, -0.05) is 150 Å². The van der Waals surface area contributed by atoms with E-state index in [1.165, 1.54) is 47.6 Å². The van der Waals surface area contributed by atoms with Crippen molar-refractivity contribution in [2.75, 3.05) is 70.7 Å². The van der Waals surface area contributed by atoms with Crippen molar-refractivity contribution < 1.29 is 113 Å². The van der Waals surface area contributed by atoms with Crippen molar-refractivity contribution in [2.45, 2.75) is 125 Å². The number of nitrogens with one attached hydrogen (secondary N) is 2. The summed E-state index contributed by atoms with van der Waals surface area (Å²) in [4.78, 5) is 14.5. The van der Waals surface area contributed by atoms with Crippen LogP contribution in [0.1, 0.15) is 127 Å². The number of ether oxygens (including phenoxy) is 4. The van der Waals surface area contributed by atoms with Crippen LogP contribution in [0.5, 0.6) is 5.75 Å². The van der Waals surface area contributed by atoms with Crippen molar-refractivity contribution in [1.29, 1.82) is 0 Å². The molecule has 0 fully saturated rings. The van der Waals surface area contributed by atoms with Crippen LogP contribution in [0.2, 0.25) is 0 Å². The van der Waals surface area contributed by atoms with E-state index >= 15 is 0 Å². The second-order valence-corrected chi connectivity index (χ2v) is 27.1. The summed E-state index contributed by atoms with van der Waals surface area (Å²) in [6.07, 6.45) is 15.8. The second kappa shape index (κ2) is 35.1. The summed E-state index contributed by atoms with van der Waals surface area (Å²) in [5.41, 5.74) is 9.61. The Morgan fingerprint density at radius 2 is 1.26 bits per heavy atom. The van der Waals surface area contributed by atoms with Gasteiger partial charge in [-0.05, 0) is 127 Å². The van der Waals surface area contributed by atoms with Gasteiger partial charge in [0.25, 0.3) is 0 Å². The molecule has 0 spiro atoms. The molecular formula is C74H86N4Na2O11S2. The number of hydrogen-bond acceptors (Lipinski definition) is 13. The van der Waals surface area contributed by atoms with Gasteiger partial charge in [0.05, 0.1) is 48.4 Å². The minimum absolute atomic E-state index is 0. The molecule has 9 rings (SSSR count). The maximum Gasteiger partial charge on any atom is 1.00 e. The number of carbonyl (C=O) groups is 1. The van der Waals surface area contributed by atoms with Crippen molar-refractivity contribution in [3.63, 3.8) is 0 Å². The van der Waals surface area contributed by atoms with E-state index < -0.39 is 31.2 Å². The minimum atomic E-state index is -4.75. The summed E-state index contributed by atoms with van der Waals surface area (Å²) >= 11 is 0. The Bertz CT molecular complexity index is 3740. The van der Waals surface area contributed by atoms with E-state index in [9.17, 15) is 30.7 Å². The number of nitrogens with zero attached hydrogens (tertiary/aromatic N) is 2. The smallest absolute Gasteiger partial charge is 0.744 e. The van der Waals surface area contributed by atoms with Crippen LogP contribution < -0.4 is 79.4 Å². The van der Waals surface area contributed by atoms with Gasteiger partial charge in [-0.15, -0.1) is 6.07 Å². The number of allylic oxidation sites excluding steroid dienone is 7. The third kappa shape index (κ3) is 19.0. The quantitative estimate of drug-likeness (QED) is 0.0108. The molecule has 0 aromatic heterocycles. The van der Waals surface area contributed by atoms with E-state index in [0.717, 1.165) is 83.6 Å². The number of fused-ring (bicyclic) bond motifs is 2. The Morgan fingerprint density at radius 3 is 1.87 bits per heavy atom. The number of rotatable bonds is 33. The van der Waals surface area contributed by atoms with E-state index in [-0.39, 0.29) is 80.2 Å². The van der Waals surface area contributed by atoms with Crippen molar-refractivity contribution in [1.82, 2.24) is 10.6 Å². The predicted molar refractivity (Wildman–Crippen MR) is 355 cm³/mol. The van der Waals surface area contributed by atoms with Crippen molar-refractivity contribution in [2.24, 2.45) is 0 Å². The Morgan fingerprint density at radius 1 is 0.656 bits per heavy atom. The number of amides is 1. The van der Waals surface area contributed by atoms with Gasteiger partial charge >= 0.3 is 59.1 Å². The van der Waals surface area contributed by atoms with Gasteiger partial charge in [0, 0.05) is 67.4 Å². The summed E-state index contributed by atoms with van der Waals surface area (Å²) in [6.45, 7) is 16.0. The summed E-state index contributed by atoms with van der Waals surface area (Å²) in [5, 5.41) is 6.86. The average Bonchev–Trinajstić information content (AvgIpc) is 1.71. The first kappa shape index (κ1) is 75.1. The van der Waals surface area contributed by atoms with Crippen LogP contribution in [0.15, 0.2) is 208 Å². The third-order valence-corrected chi connectivity index (χ3v) is 19.1. The van der Waals surface area contributed by atoms with E-state index in [2.05, 4.69) is 144 Å². The predicted octanol–water partition coefficient (Wildman–Crippen LogP) is 6.86. The molecule has 3 aliphatic rings. The van der Waals surface area contributed by atoms with Crippen LogP contribution in [0.4, 0.5) is 11.4 Å². The standard InChI is InChI=1S/C74H88N4O11S2.2Na/c1-6-7-47-77-66-33-20-19-32-64(66)72(2,3)68(77)43-35-56-24-22-25-57(71(56)89-61-37-39-62(40-38-61)90(80,81)82)36-44-69-73(4,5)65-55-63(91(83,84)85)41-42-67(65)78(69)48-21-11-18-34-70(79)75-45-23-49-86-51-53-88-54-52-87-50-46-76-74(58-26-12-8-13-27-58,59-28-14-9-15-29-59)60-30-16-10-17-31-60;;/h8-10,12-17,20,26-33,35-44,55,76H,6-7,11,18,21-25,34,45-54H2,1-5H3,(H,75,79)(H,80,81,82)(H,83,84,85);;/q;2*+1/p-2. The number of anilines is 1. The fourth-order valence-electron chi connectivity index (χ4n) is 12.6. The minimum Gasteiger partial charge on any atom is -0.744 e. The normalized spacial score (nSPS) is 16.1. The fraction of sp³-hybridized carbons (Fsp3) is 0.378. The molecule has 2 N–H and O–H groups in total. The zero-order chi connectivity index (χ0) is 64.5. The molecule has 15 nitrogen and oxygen atoms in total. The molecule has 19 heteroatoms. The number of unbranched alkanes of at least 4 members (excludes halogenated alkanes) is 3. The topological polar surface area (TPSA) is 199 Å². The van der Waals surface area contributed by atoms with Gasteiger partial charge in [-0.25, -0.2) is 21.4 Å². The molecule has 2 heterocycles. The van der Waals surface area contributed by atoms with Gasteiger partial charge in [0.15, 0.2) is 5.71 Å². The van der Waals surface area contributed by atoms with E-state index in [4.69, 9.17) is 18.9 Å². The first-order chi connectivity index (χ1) is 43.8. The molecule has 1 amide bonds. The molecule has 6 aromatic carbocycles. The Hall–Kier alpha value is -5.32. The first-order valence-corrected chi connectivity index (χ1v) is 34.7. The fourth-order valence-corrected chi connectivity index (χ4v) is 13.6. The molecule has 0 saturated carbocycles. The molecule has 93 heavy (non-hydrogen) atoms. The third-order valence-electron chi connectivity index (χ3n) is 17.4. The van der Waals surface area contributed by atoms with Crippen LogP contribution in [-0.4, -0.2) is 108 Å². The maximum absolute atomic E-state index is 13.0. The summed E-state index contributed by atoms with van der Waals surface area (Å²) in [6, 6.07) is 50.9. The molecule has 6 aromatic rings. The molecule has 482 valence electrons. The Kier molecular flexibility index (Phi) is 28.3. The molecule has 0 radical (unpaired) electrons. The number of carbonyl (C=O) groups excluding carboxylic acids is 1. The van der Waals surface area contributed by atoms with Crippen molar-refractivity contribution >= 4 is 43.2 Å². The van der Waals surface area contributed by atoms with Gasteiger partial charge in [0.1, 0.15) is 44.0 Å². The second-order valence-electron chi connectivity index (χ2n) is 24.3. The van der Waals surface area contributed by atoms with Crippen LogP contribution in [0.25, 0.3) is 0 Å². The van der Waals surface area contributed by atoms with E-state index in [1.807, 2.05) is 50.3 Å². The molecule has 0 bridgehead atoms. The van der Waals surface area contributed by atoms with Gasteiger partial charge in [-0.2, -0.15) is 18.2 Å². The van der Waals surface area contributed by atoms with Crippen LogP contribution in [0.3, 0.4) is 0 Å². The van der Waals surface area contributed by atoms with E-state index in [1.54, 1.807) is 6.07 Å². The van der Waals surface area contributed by atoms with Gasteiger partial charge in [0.2, 0.25) is 5.91 Å². The van der Waals surface area contributed by atoms with Gasteiger partial charge < -0.3 is 38.3 Å². The maximum atomic E-state index is 13.0. The summed E-state index contributed by atoms with van der Waals surface area (Å²) < 4.78 is 99.6. The van der Waals surface area contributed by atoms with Crippen LogP contribution in [-0.2, 0) is 55.6 Å². The van der Waals surface area contributed by atoms with Crippen LogP contribution >= 0.6 is 0 Å². The van der Waals surface area contributed by atoms with E-state index in [0.29, 0.717) is 108 Å². The van der Waals surface area contributed by atoms with Crippen molar-refractivity contribution in [3.8, 4) is 5.75 Å². The summed E-state index contributed by atoms with van der Waals surface area (Å²) in [5.74, 6) is 0.950.